The SMILES string of the molecule is CC(C)(C)OC(=O)N1CCC(O)CC1.CS/C(C)=C(\C#N)C(=O)c1ccccc1.Cc1ccc(C(=O)NC2CC2)cc1-n1nc(OC2CCN(C(=O)OC(C)(C)C)CC2)c(C(=O)c2ccccc2)c1N.Cc1ccc(C(=O)NC2CC2)cc1-n1nc(OC2CCN(C(=O)OC(C)(C)C)CC2)c(C(=O)c2ccccc2)c1N.Cc1ccc(C(=O)NC2CC2)cc1NN. The van der Waals surface area contributed by atoms with Crippen LogP contribution in [0.15, 0.2) is 156 Å². The van der Waals surface area contributed by atoms with Crippen molar-refractivity contribution in [3.8, 4) is 29.2 Å². The molecule has 3 saturated heterocycles. The van der Waals surface area contributed by atoms with Crippen molar-refractivity contribution in [1.82, 2.24) is 50.2 Å². The van der Waals surface area contributed by atoms with Crippen LogP contribution in [-0.2, 0) is 14.2 Å². The number of likely N-dealkylation sites (tertiary alicyclic amines) is 3. The smallest absolute Gasteiger partial charge is 0.410 e. The molecule has 6 fully saturated rings. The van der Waals surface area contributed by atoms with Gasteiger partial charge in [0.15, 0.2) is 0 Å². The van der Waals surface area contributed by atoms with Crippen LogP contribution in [0.3, 0.4) is 0 Å². The number of hydrogen-bond acceptors (Lipinski definition) is 23. The number of hydrazine groups is 1. The number of Topliss-reactive ketones (excluding diaryl/α,β-unsaturated/α-hetero) is 1. The van der Waals surface area contributed by atoms with Gasteiger partial charge < -0.3 is 76.3 Å². The number of hydrogen-bond donors (Lipinski definition) is 8. The molecule has 0 spiro atoms. The van der Waals surface area contributed by atoms with Crippen LogP contribution in [0, 0.1) is 32.1 Å². The zero-order chi connectivity index (χ0) is 91.5. The summed E-state index contributed by atoms with van der Waals surface area (Å²) in [7, 11) is 0. The lowest BCUT2D eigenvalue weighted by atomic mass is 10.0. The van der Waals surface area contributed by atoms with Crippen molar-refractivity contribution in [3.05, 3.63) is 217 Å². The number of anilines is 3. The van der Waals surface area contributed by atoms with Crippen molar-refractivity contribution in [1.29, 1.82) is 5.26 Å². The van der Waals surface area contributed by atoms with Gasteiger partial charge in [0.05, 0.1) is 23.2 Å². The van der Waals surface area contributed by atoms with Crippen molar-refractivity contribution in [2.75, 3.05) is 62.4 Å². The summed E-state index contributed by atoms with van der Waals surface area (Å²) >= 11 is 1.42. The maximum Gasteiger partial charge on any atom is 0.410 e. The van der Waals surface area contributed by atoms with E-state index in [1.165, 1.54) is 21.1 Å². The highest BCUT2D eigenvalue weighted by atomic mass is 32.2. The van der Waals surface area contributed by atoms with Crippen LogP contribution in [0.4, 0.5) is 31.7 Å². The van der Waals surface area contributed by atoms with Gasteiger partial charge in [0.2, 0.25) is 29.1 Å². The summed E-state index contributed by atoms with van der Waals surface area (Å²) in [4.78, 5) is 119. The number of rotatable bonds is 20. The molecule has 0 radical (unpaired) electrons. The number of benzene rings is 6. The molecule has 3 aliphatic heterocycles. The summed E-state index contributed by atoms with van der Waals surface area (Å²) in [5.41, 5.74) is 22.5. The number of nitrogens with two attached hydrogens (primary N) is 3. The molecule has 2 aromatic heterocycles. The van der Waals surface area contributed by atoms with Gasteiger partial charge in [0.1, 0.15) is 63.4 Å². The molecule has 30 nitrogen and oxygen atoms in total. The van der Waals surface area contributed by atoms with Gasteiger partial charge in [-0.2, -0.15) is 5.26 Å². The van der Waals surface area contributed by atoms with E-state index in [4.69, 9.17) is 46.3 Å². The number of carbonyl (C=O) groups is 9. The highest BCUT2D eigenvalue weighted by Gasteiger charge is 2.37. The van der Waals surface area contributed by atoms with Crippen LogP contribution in [0.5, 0.6) is 11.8 Å². The number of ketones is 3. The predicted octanol–water partition coefficient (Wildman–Crippen LogP) is 14.9. The first-order valence-corrected chi connectivity index (χ1v) is 43.9. The van der Waals surface area contributed by atoms with E-state index in [9.17, 15) is 48.3 Å². The molecule has 6 aliphatic rings. The van der Waals surface area contributed by atoms with Crippen molar-refractivity contribution in [2.24, 2.45) is 5.84 Å². The molecule has 11 N–H and O–H groups in total. The van der Waals surface area contributed by atoms with Gasteiger partial charge in [-0.3, -0.25) is 34.6 Å². The second kappa shape index (κ2) is 42.9. The molecule has 3 saturated carbocycles. The first kappa shape index (κ1) is 95.7. The van der Waals surface area contributed by atoms with E-state index in [2.05, 4.69) is 31.6 Å². The quantitative estimate of drug-likeness (QED) is 0.00877. The molecule has 0 bridgehead atoms. The molecule has 670 valence electrons. The molecule has 14 rings (SSSR count). The van der Waals surface area contributed by atoms with Crippen LogP contribution in [-0.4, -0.2) is 191 Å². The summed E-state index contributed by atoms with van der Waals surface area (Å²) in [6.45, 7) is 27.1. The van der Waals surface area contributed by atoms with E-state index in [0.29, 0.717) is 129 Å². The molecule has 5 heterocycles. The number of aliphatic hydroxyl groups is 1. The Morgan fingerprint density at radius 1 is 0.452 bits per heavy atom. The third-order valence-electron chi connectivity index (χ3n) is 21.0. The van der Waals surface area contributed by atoms with Gasteiger partial charge in [-0.25, -0.2) is 23.7 Å². The molecule has 6 amide bonds. The molecule has 0 unspecified atom stereocenters. The number of nitriles is 1. The minimum atomic E-state index is -0.574. The second-order valence-corrected chi connectivity index (χ2v) is 36.0. The number of aromatic nitrogens is 4. The predicted molar refractivity (Wildman–Crippen MR) is 484 cm³/mol. The van der Waals surface area contributed by atoms with Crippen LogP contribution in [0.25, 0.3) is 11.4 Å². The lowest BCUT2D eigenvalue weighted by molar-refractivity contribution is 0.00932. The maximum absolute atomic E-state index is 13.7. The zero-order valence-corrected chi connectivity index (χ0v) is 75.2. The molecular formula is C95H119N15O15S. The Labute approximate surface area is 740 Å². The van der Waals surface area contributed by atoms with E-state index < -0.39 is 16.8 Å². The van der Waals surface area contributed by atoms with E-state index in [0.717, 1.165) is 65.8 Å². The number of thioether (sulfide) groups is 1. The number of nitrogens with zero attached hydrogens (tertiary/aromatic N) is 8. The summed E-state index contributed by atoms with van der Waals surface area (Å²) in [6.07, 6.45) is 9.65. The third kappa shape index (κ3) is 27.5. The van der Waals surface area contributed by atoms with E-state index in [-0.39, 0.29) is 124 Å². The van der Waals surface area contributed by atoms with Gasteiger partial charge >= 0.3 is 18.3 Å². The highest BCUT2D eigenvalue weighted by Crippen LogP contribution is 2.37. The Kier molecular flexibility index (Phi) is 32.6. The number of aryl methyl sites for hydroxylation is 3. The van der Waals surface area contributed by atoms with Crippen molar-refractivity contribution in [3.63, 3.8) is 0 Å². The normalized spacial score (nSPS) is 15.6. The Hall–Kier alpha value is -12.5. The minimum absolute atomic E-state index is 0.0194. The second-order valence-electron chi connectivity index (χ2n) is 35.0. The summed E-state index contributed by atoms with van der Waals surface area (Å²) < 4.78 is 31.8. The van der Waals surface area contributed by atoms with E-state index in [1.807, 2.05) is 138 Å². The van der Waals surface area contributed by atoms with Gasteiger partial charge in [0.25, 0.3) is 17.7 Å². The average molecular weight is 1740 g/mol. The average Bonchev–Trinajstić information content (AvgIpc) is 1.62. The first-order chi connectivity index (χ1) is 59.8. The first-order valence-electron chi connectivity index (χ1n) is 42.7. The summed E-state index contributed by atoms with van der Waals surface area (Å²) in [5.74, 6) is 4.70. The Balaban J connectivity index is 0.000000180. The van der Waals surface area contributed by atoms with E-state index in [1.54, 1.807) is 125 Å². The largest absolute Gasteiger partial charge is 0.473 e. The molecule has 8 aromatic rings. The van der Waals surface area contributed by atoms with Crippen LogP contribution in [0.2, 0.25) is 0 Å². The zero-order valence-electron chi connectivity index (χ0n) is 74.4. The maximum atomic E-state index is 13.7. The van der Waals surface area contributed by atoms with Gasteiger partial charge in [-0.1, -0.05) is 109 Å². The van der Waals surface area contributed by atoms with Crippen molar-refractivity contribution < 1.29 is 71.9 Å². The lowest BCUT2D eigenvalue weighted by Crippen LogP contribution is -2.44. The Morgan fingerprint density at radius 3 is 1.08 bits per heavy atom. The topological polar surface area (TPSA) is 415 Å². The number of allylic oxidation sites excluding steroid dienone is 2. The molecule has 31 heteroatoms. The lowest BCUT2D eigenvalue weighted by Gasteiger charge is -2.33. The number of piperidine rings is 3. The highest BCUT2D eigenvalue weighted by molar-refractivity contribution is 8.02. The van der Waals surface area contributed by atoms with Crippen molar-refractivity contribution >= 4 is 82.4 Å². The number of aliphatic hydroxyl groups excluding tert-OH is 1. The summed E-state index contributed by atoms with van der Waals surface area (Å²) in [5, 5.41) is 36.5. The number of amides is 6. The van der Waals surface area contributed by atoms with Gasteiger partial charge in [-0.15, -0.1) is 22.0 Å². The van der Waals surface area contributed by atoms with Gasteiger partial charge in [-0.05, 0) is 201 Å². The molecular weight excluding hydrogens is 1620 g/mol. The molecule has 3 aliphatic carbocycles. The van der Waals surface area contributed by atoms with Crippen LogP contribution in [0.1, 0.15) is 236 Å². The van der Waals surface area contributed by atoms with Crippen LogP contribution >= 0.6 is 11.8 Å². The standard InChI is InChI=1S/2C31H37N5O5.C12H11NOS.C11H15N3O.C10H19NO3/c2*1-19-10-11-21(28(38)33-22-12-13-22)18-24(19)36-27(32)25(26(37)20-8-6-5-7-9-20)29(34-36)40-23-14-16-35(17-15-23)30(39)41-31(2,3)4;1-9(15-2)11(8-13)12(14)10-6-4-3-5-7-10;1-7-2-3-8(6-10(7)14-12)11(15)13-9-4-5-9;1-10(2,3)14-9(13)11-6-4-8(12)5-7-11/h2*5-11,18,22-23H,12-17,32H2,1-4H3,(H,33,38);3-7H,1-2H3;2-3,6,9,14H,4-5,12H2,1H3,(H,13,15);8,12H,4-7H2,1-3H3/b;;11-9+;;. The molecule has 126 heavy (non-hydrogen) atoms. The molecule has 6 aromatic carbocycles. The minimum Gasteiger partial charge on any atom is -0.473 e. The van der Waals surface area contributed by atoms with Gasteiger partial charge in [0, 0.05) is 121 Å². The Bertz CT molecular complexity index is 5040. The monoisotopic (exact) mass is 1740 g/mol. The fourth-order valence-corrected chi connectivity index (χ4v) is 13.7. The number of nitrogens with one attached hydrogen (secondary N) is 4. The van der Waals surface area contributed by atoms with Crippen LogP contribution < -0.4 is 48.2 Å². The summed E-state index contributed by atoms with van der Waals surface area (Å²) in [6, 6.07) is 45.5. The number of carbonyl (C=O) groups excluding carboxylic acids is 9. The number of nitrogen functional groups attached to an aromatic ring is 3. The third-order valence-corrected chi connectivity index (χ3v) is 21.8. The fraction of sp³-hybridized carbons (Fsp3) is 0.432. The van der Waals surface area contributed by atoms with E-state index >= 15 is 0 Å². The molecule has 0 atom stereocenters. The van der Waals surface area contributed by atoms with Crippen molar-refractivity contribution in [2.45, 2.75) is 220 Å². The number of ether oxygens (including phenoxy) is 5. The fourth-order valence-electron chi connectivity index (χ4n) is 13.4. The Morgan fingerprint density at radius 2 is 0.770 bits per heavy atom.